The van der Waals surface area contributed by atoms with Crippen molar-refractivity contribution < 1.29 is 14.6 Å². The lowest BCUT2D eigenvalue weighted by Crippen LogP contribution is -2.16. The van der Waals surface area contributed by atoms with Crippen molar-refractivity contribution >= 4 is 5.97 Å². The molecule has 82 valence electrons. The number of carboxylic acids is 1. The molecule has 0 saturated heterocycles. The highest BCUT2D eigenvalue weighted by atomic mass is 16.5. The van der Waals surface area contributed by atoms with Gasteiger partial charge in [-0.05, 0) is 24.1 Å². The van der Waals surface area contributed by atoms with Crippen molar-refractivity contribution in [2.24, 2.45) is 5.73 Å². The average molecular weight is 209 g/mol. The lowest BCUT2D eigenvalue weighted by atomic mass is 9.99. The average Bonchev–Trinajstić information content (AvgIpc) is 2.17. The van der Waals surface area contributed by atoms with Gasteiger partial charge in [0.25, 0.3) is 0 Å². The van der Waals surface area contributed by atoms with E-state index in [1.54, 1.807) is 7.11 Å². The molecular formula is C11H15NO3. The van der Waals surface area contributed by atoms with Gasteiger partial charge in [0.15, 0.2) is 0 Å². The number of carbonyl (C=O) groups is 1. The van der Waals surface area contributed by atoms with Crippen molar-refractivity contribution in [3.05, 3.63) is 29.3 Å². The van der Waals surface area contributed by atoms with Gasteiger partial charge in [-0.1, -0.05) is 12.1 Å². The Morgan fingerprint density at radius 1 is 1.60 bits per heavy atom. The van der Waals surface area contributed by atoms with E-state index in [-0.39, 0.29) is 6.42 Å². The Labute approximate surface area is 88.7 Å². The van der Waals surface area contributed by atoms with Gasteiger partial charge >= 0.3 is 5.97 Å². The third-order valence-corrected chi connectivity index (χ3v) is 2.34. The highest BCUT2D eigenvalue weighted by Crippen LogP contribution is 2.26. The smallest absolute Gasteiger partial charge is 0.305 e. The molecule has 0 radical (unpaired) electrons. The standard InChI is InChI=1S/C11H15NO3/c1-7-8(9(12)6-11(13)14)4-3-5-10(7)15-2/h3-5,9H,6,12H2,1-2H3,(H,13,14). The van der Waals surface area contributed by atoms with Crippen LogP contribution in [0.1, 0.15) is 23.6 Å². The minimum atomic E-state index is -0.898. The molecule has 3 N–H and O–H groups in total. The molecule has 0 aliphatic heterocycles. The fourth-order valence-corrected chi connectivity index (χ4v) is 1.55. The zero-order valence-corrected chi connectivity index (χ0v) is 8.86. The van der Waals surface area contributed by atoms with E-state index in [0.29, 0.717) is 0 Å². The number of aliphatic carboxylic acids is 1. The second-order valence-corrected chi connectivity index (χ2v) is 3.38. The summed E-state index contributed by atoms with van der Waals surface area (Å²) in [5.74, 6) is -0.168. The molecule has 0 aromatic heterocycles. The van der Waals surface area contributed by atoms with Gasteiger partial charge in [-0.3, -0.25) is 4.79 Å². The van der Waals surface area contributed by atoms with Crippen molar-refractivity contribution in [2.75, 3.05) is 7.11 Å². The van der Waals surface area contributed by atoms with Crippen LogP contribution in [0.3, 0.4) is 0 Å². The first-order valence-corrected chi connectivity index (χ1v) is 4.67. The first-order valence-electron chi connectivity index (χ1n) is 4.67. The quantitative estimate of drug-likeness (QED) is 0.787. The number of rotatable bonds is 4. The predicted octanol–water partition coefficient (Wildman–Crippen LogP) is 1.48. The van der Waals surface area contributed by atoms with E-state index in [2.05, 4.69) is 0 Å². The van der Waals surface area contributed by atoms with Crippen LogP contribution >= 0.6 is 0 Å². The molecule has 1 rings (SSSR count). The van der Waals surface area contributed by atoms with Crippen molar-refractivity contribution in [1.29, 1.82) is 0 Å². The summed E-state index contributed by atoms with van der Waals surface area (Å²) in [5.41, 5.74) is 7.50. The molecule has 4 heteroatoms. The van der Waals surface area contributed by atoms with Crippen LogP contribution in [-0.4, -0.2) is 18.2 Å². The van der Waals surface area contributed by atoms with E-state index >= 15 is 0 Å². The highest BCUT2D eigenvalue weighted by Gasteiger charge is 2.14. The van der Waals surface area contributed by atoms with Crippen LogP contribution in [0.15, 0.2) is 18.2 Å². The lowest BCUT2D eigenvalue weighted by Gasteiger charge is -2.14. The Balaban J connectivity index is 2.98. The van der Waals surface area contributed by atoms with Crippen molar-refractivity contribution in [3.63, 3.8) is 0 Å². The third kappa shape index (κ3) is 2.70. The molecule has 1 aromatic rings. The van der Waals surface area contributed by atoms with Crippen molar-refractivity contribution in [3.8, 4) is 5.75 Å². The zero-order valence-electron chi connectivity index (χ0n) is 8.86. The molecule has 1 unspecified atom stereocenters. The maximum Gasteiger partial charge on any atom is 0.305 e. The summed E-state index contributed by atoms with van der Waals surface area (Å²) >= 11 is 0. The maximum absolute atomic E-state index is 10.5. The summed E-state index contributed by atoms with van der Waals surface area (Å²) in [6.07, 6.45) is -0.0754. The Morgan fingerprint density at radius 3 is 2.80 bits per heavy atom. The van der Waals surface area contributed by atoms with E-state index in [0.717, 1.165) is 16.9 Å². The van der Waals surface area contributed by atoms with Crippen LogP contribution in [0, 0.1) is 6.92 Å². The molecule has 0 aliphatic carbocycles. The largest absolute Gasteiger partial charge is 0.496 e. The Bertz CT molecular complexity index is 363. The molecule has 0 aliphatic rings. The van der Waals surface area contributed by atoms with E-state index in [1.807, 2.05) is 25.1 Å². The second kappa shape index (κ2) is 4.79. The monoisotopic (exact) mass is 209 g/mol. The molecular weight excluding hydrogens is 194 g/mol. The first-order chi connectivity index (χ1) is 7.06. The normalized spacial score (nSPS) is 12.2. The van der Waals surface area contributed by atoms with Gasteiger partial charge in [0.1, 0.15) is 5.75 Å². The summed E-state index contributed by atoms with van der Waals surface area (Å²) < 4.78 is 5.14. The third-order valence-electron chi connectivity index (χ3n) is 2.34. The zero-order chi connectivity index (χ0) is 11.4. The van der Waals surface area contributed by atoms with Gasteiger partial charge in [-0.25, -0.2) is 0 Å². The van der Waals surface area contributed by atoms with Crippen LogP contribution in [-0.2, 0) is 4.79 Å². The highest BCUT2D eigenvalue weighted by molar-refractivity contribution is 5.68. The number of ether oxygens (including phenoxy) is 1. The van der Waals surface area contributed by atoms with Gasteiger partial charge < -0.3 is 15.6 Å². The molecule has 15 heavy (non-hydrogen) atoms. The van der Waals surface area contributed by atoms with Crippen LogP contribution in [0.25, 0.3) is 0 Å². The van der Waals surface area contributed by atoms with Gasteiger partial charge in [0, 0.05) is 6.04 Å². The fraction of sp³-hybridized carbons (Fsp3) is 0.364. The summed E-state index contributed by atoms with van der Waals surface area (Å²) in [4.78, 5) is 10.5. The van der Waals surface area contributed by atoms with Crippen molar-refractivity contribution in [1.82, 2.24) is 0 Å². The van der Waals surface area contributed by atoms with E-state index in [1.165, 1.54) is 0 Å². The topological polar surface area (TPSA) is 72.5 Å². The molecule has 0 spiro atoms. The molecule has 0 heterocycles. The predicted molar refractivity (Wildman–Crippen MR) is 56.9 cm³/mol. The summed E-state index contributed by atoms with van der Waals surface area (Å²) in [7, 11) is 1.58. The number of methoxy groups -OCH3 is 1. The number of carboxylic acid groups (broad SMARTS) is 1. The van der Waals surface area contributed by atoms with Crippen LogP contribution in [0.2, 0.25) is 0 Å². The van der Waals surface area contributed by atoms with Crippen molar-refractivity contribution in [2.45, 2.75) is 19.4 Å². The molecule has 0 bridgehead atoms. The summed E-state index contributed by atoms with van der Waals surface area (Å²) in [6.45, 7) is 1.87. The molecule has 0 saturated carbocycles. The lowest BCUT2D eigenvalue weighted by molar-refractivity contribution is -0.137. The van der Waals surface area contributed by atoms with Crippen LogP contribution in [0.5, 0.6) is 5.75 Å². The number of hydrogen-bond acceptors (Lipinski definition) is 3. The fourth-order valence-electron chi connectivity index (χ4n) is 1.55. The minimum Gasteiger partial charge on any atom is -0.496 e. The SMILES string of the molecule is COc1cccc(C(N)CC(=O)O)c1C. The van der Waals surface area contributed by atoms with E-state index in [4.69, 9.17) is 15.6 Å². The van der Waals surface area contributed by atoms with Gasteiger partial charge in [-0.2, -0.15) is 0 Å². The second-order valence-electron chi connectivity index (χ2n) is 3.38. The van der Waals surface area contributed by atoms with Gasteiger partial charge in [0.05, 0.1) is 13.5 Å². The Hall–Kier alpha value is -1.55. The molecule has 1 atom stereocenters. The summed E-state index contributed by atoms with van der Waals surface area (Å²) in [6, 6.07) is 4.97. The van der Waals surface area contributed by atoms with Gasteiger partial charge in [-0.15, -0.1) is 0 Å². The maximum atomic E-state index is 10.5. The Kier molecular flexibility index (Phi) is 3.68. The molecule has 1 aromatic carbocycles. The van der Waals surface area contributed by atoms with E-state index < -0.39 is 12.0 Å². The number of benzene rings is 1. The number of hydrogen-bond donors (Lipinski definition) is 2. The molecule has 0 fully saturated rings. The first kappa shape index (κ1) is 11.5. The Morgan fingerprint density at radius 2 is 2.27 bits per heavy atom. The van der Waals surface area contributed by atoms with Gasteiger partial charge in [0.2, 0.25) is 0 Å². The molecule has 4 nitrogen and oxygen atoms in total. The van der Waals surface area contributed by atoms with Crippen LogP contribution < -0.4 is 10.5 Å². The number of nitrogens with two attached hydrogens (primary N) is 1. The van der Waals surface area contributed by atoms with E-state index in [9.17, 15) is 4.79 Å². The molecule has 0 amide bonds. The van der Waals surface area contributed by atoms with Crippen LogP contribution in [0.4, 0.5) is 0 Å². The summed E-state index contributed by atoms with van der Waals surface area (Å²) in [5, 5.41) is 8.65. The minimum absolute atomic E-state index is 0.0754.